The minimum absolute atomic E-state index is 0. The molecule has 0 aliphatic heterocycles. The minimum Gasteiger partial charge on any atom is -0.335 e. The van der Waals surface area contributed by atoms with Gasteiger partial charge in [0.2, 0.25) is 0 Å². The first kappa shape index (κ1) is 17.8. The Kier molecular flexibility index (Phi) is 16.1. The van der Waals surface area contributed by atoms with Gasteiger partial charge in [-0.2, -0.15) is 32.0 Å². The SMILES string of the molecule is C[CH-]C.Cc1ccccc1.[Zr+2].c1cc[cH-]c1. The molecule has 2 rings (SSSR count). The number of aryl methyl sites for hydroxylation is 1. The molecule has 1 heteroatoms. The molecule has 0 amide bonds. The summed E-state index contributed by atoms with van der Waals surface area (Å²) in [6.45, 7) is 6.08. The molecule has 0 fully saturated rings. The molecule has 0 spiro atoms. The van der Waals surface area contributed by atoms with Crippen molar-refractivity contribution in [3.8, 4) is 0 Å². The Morgan fingerprint density at radius 1 is 0.875 bits per heavy atom. The van der Waals surface area contributed by atoms with Crippen molar-refractivity contribution < 1.29 is 26.2 Å². The second-order valence-electron chi connectivity index (χ2n) is 3.19. The predicted octanol–water partition coefficient (Wildman–Crippen LogP) is 4.63. The van der Waals surface area contributed by atoms with E-state index in [4.69, 9.17) is 0 Å². The molecule has 0 saturated heterocycles. The largest absolute Gasteiger partial charge is 2.00 e. The van der Waals surface area contributed by atoms with Gasteiger partial charge in [0, 0.05) is 0 Å². The van der Waals surface area contributed by atoms with Crippen LogP contribution in [0.4, 0.5) is 0 Å². The molecule has 0 N–H and O–H groups in total. The van der Waals surface area contributed by atoms with Gasteiger partial charge in [-0.3, -0.25) is 0 Å². The zero-order valence-corrected chi connectivity index (χ0v) is 12.8. The van der Waals surface area contributed by atoms with Crippen LogP contribution in [-0.4, -0.2) is 0 Å². The van der Waals surface area contributed by atoms with Crippen LogP contribution < -0.4 is 0 Å². The van der Waals surface area contributed by atoms with E-state index in [2.05, 4.69) is 19.1 Å². The summed E-state index contributed by atoms with van der Waals surface area (Å²) in [5, 5.41) is 0. The van der Waals surface area contributed by atoms with Gasteiger partial charge in [-0.05, 0) is 6.92 Å². The van der Waals surface area contributed by atoms with Crippen LogP contribution in [0.3, 0.4) is 0 Å². The van der Waals surface area contributed by atoms with Crippen LogP contribution in [0.1, 0.15) is 19.4 Å². The Balaban J connectivity index is 0. The third-order valence-corrected chi connectivity index (χ3v) is 1.50. The van der Waals surface area contributed by atoms with E-state index in [9.17, 15) is 0 Å². The van der Waals surface area contributed by atoms with Crippen LogP contribution in [-0.2, 0) is 26.2 Å². The molecule has 0 heterocycles. The van der Waals surface area contributed by atoms with Crippen LogP contribution in [0.25, 0.3) is 0 Å². The van der Waals surface area contributed by atoms with E-state index in [0.29, 0.717) is 0 Å². The van der Waals surface area contributed by atoms with Crippen molar-refractivity contribution in [1.82, 2.24) is 0 Å². The maximum atomic E-state index is 2.08. The molecule has 2 aromatic carbocycles. The second kappa shape index (κ2) is 14.5. The Morgan fingerprint density at radius 2 is 1.31 bits per heavy atom. The van der Waals surface area contributed by atoms with Gasteiger partial charge >= 0.3 is 26.2 Å². The van der Waals surface area contributed by atoms with Gasteiger partial charge in [0.25, 0.3) is 0 Å². The van der Waals surface area contributed by atoms with Gasteiger partial charge in [0.1, 0.15) is 0 Å². The predicted molar refractivity (Wildman–Crippen MR) is 68.9 cm³/mol. The third-order valence-electron chi connectivity index (χ3n) is 1.50. The van der Waals surface area contributed by atoms with E-state index in [0.717, 1.165) is 0 Å². The van der Waals surface area contributed by atoms with Crippen LogP contribution in [0, 0.1) is 13.3 Å². The Hall–Kier alpha value is -0.547. The van der Waals surface area contributed by atoms with E-state index in [-0.39, 0.29) is 26.2 Å². The molecular formula is C15H20Zr. The van der Waals surface area contributed by atoms with Gasteiger partial charge in [-0.15, -0.1) is 0 Å². The summed E-state index contributed by atoms with van der Waals surface area (Å²) >= 11 is 0. The van der Waals surface area contributed by atoms with Crippen molar-refractivity contribution in [2.75, 3.05) is 0 Å². The first-order valence-corrected chi connectivity index (χ1v) is 5.23. The van der Waals surface area contributed by atoms with Gasteiger partial charge < -0.3 is 6.42 Å². The van der Waals surface area contributed by atoms with Crippen LogP contribution in [0.2, 0.25) is 0 Å². The summed E-state index contributed by atoms with van der Waals surface area (Å²) in [5.74, 6) is 0. The molecule has 0 bridgehead atoms. The Bertz CT molecular complexity index is 267. The van der Waals surface area contributed by atoms with E-state index >= 15 is 0 Å². The minimum atomic E-state index is 0. The normalized spacial score (nSPS) is 7.44. The average molecular weight is 292 g/mol. The zero-order valence-electron chi connectivity index (χ0n) is 10.4. The fourth-order valence-electron chi connectivity index (χ4n) is 0.855. The number of hydrogen-bond acceptors (Lipinski definition) is 0. The van der Waals surface area contributed by atoms with Crippen molar-refractivity contribution in [2.45, 2.75) is 20.8 Å². The first-order chi connectivity index (χ1) is 7.31. The maximum absolute atomic E-state index is 2.08. The van der Waals surface area contributed by atoms with Crippen molar-refractivity contribution >= 4 is 0 Å². The maximum Gasteiger partial charge on any atom is 2.00 e. The standard InChI is InChI=1S/C7H8.C5H5.C3H7.Zr/c1-7-5-3-2-4-6-7;1-2-4-5-3-1;1-3-2;/h2-6H,1H3;1-5H;3H,1-2H3;/q;2*-1;+2. The molecule has 0 aliphatic rings. The van der Waals surface area contributed by atoms with Gasteiger partial charge in [0.15, 0.2) is 0 Å². The summed E-state index contributed by atoms with van der Waals surface area (Å²) in [7, 11) is 0. The molecule has 2 aromatic rings. The van der Waals surface area contributed by atoms with E-state index in [1.165, 1.54) is 5.56 Å². The van der Waals surface area contributed by atoms with Crippen molar-refractivity contribution in [2.24, 2.45) is 0 Å². The summed E-state index contributed by atoms with van der Waals surface area (Å²) in [6.07, 6.45) is 2.00. The Morgan fingerprint density at radius 3 is 1.50 bits per heavy atom. The number of benzene rings is 1. The molecule has 0 saturated carbocycles. The third kappa shape index (κ3) is 13.5. The first-order valence-electron chi connectivity index (χ1n) is 5.23. The second-order valence-corrected chi connectivity index (χ2v) is 3.19. The number of rotatable bonds is 0. The van der Waals surface area contributed by atoms with Crippen LogP contribution in [0.15, 0.2) is 60.7 Å². The van der Waals surface area contributed by atoms with Gasteiger partial charge in [-0.1, -0.05) is 35.9 Å². The smallest absolute Gasteiger partial charge is 0.335 e. The van der Waals surface area contributed by atoms with E-state index < -0.39 is 0 Å². The average Bonchev–Trinajstić information content (AvgIpc) is 2.78. The van der Waals surface area contributed by atoms with Crippen molar-refractivity contribution in [3.63, 3.8) is 0 Å². The summed E-state index contributed by atoms with van der Waals surface area (Å²) in [6, 6.07) is 20.3. The summed E-state index contributed by atoms with van der Waals surface area (Å²) < 4.78 is 0. The molecule has 0 aromatic heterocycles. The quantitative estimate of drug-likeness (QED) is 0.621. The summed E-state index contributed by atoms with van der Waals surface area (Å²) in [5.41, 5.74) is 1.32. The van der Waals surface area contributed by atoms with Crippen molar-refractivity contribution in [3.05, 3.63) is 72.6 Å². The van der Waals surface area contributed by atoms with E-state index in [1.54, 1.807) is 0 Å². The monoisotopic (exact) mass is 290 g/mol. The molecule has 16 heavy (non-hydrogen) atoms. The molecule has 84 valence electrons. The van der Waals surface area contributed by atoms with Crippen molar-refractivity contribution in [1.29, 1.82) is 0 Å². The summed E-state index contributed by atoms with van der Waals surface area (Å²) in [4.78, 5) is 0. The van der Waals surface area contributed by atoms with Gasteiger partial charge in [0.05, 0.1) is 0 Å². The Labute approximate surface area is 119 Å². The number of hydrogen-bond donors (Lipinski definition) is 0. The molecule has 0 radical (unpaired) electrons. The van der Waals surface area contributed by atoms with E-state index in [1.807, 2.05) is 68.8 Å². The molecule has 0 aliphatic carbocycles. The molecule has 0 nitrogen and oxygen atoms in total. The fraction of sp³-hybridized carbons (Fsp3) is 0.200. The zero-order chi connectivity index (χ0) is 11.4. The van der Waals surface area contributed by atoms with Crippen LogP contribution >= 0.6 is 0 Å². The fourth-order valence-corrected chi connectivity index (χ4v) is 0.855. The topological polar surface area (TPSA) is 0 Å². The molecule has 0 atom stereocenters. The van der Waals surface area contributed by atoms with Gasteiger partial charge in [-0.25, -0.2) is 12.1 Å². The van der Waals surface area contributed by atoms with Crippen LogP contribution in [0.5, 0.6) is 0 Å². The molecule has 0 unspecified atom stereocenters. The molecular weight excluding hydrogens is 271 g/mol.